The van der Waals surface area contributed by atoms with E-state index in [1.54, 1.807) is 6.08 Å². The van der Waals surface area contributed by atoms with E-state index in [2.05, 4.69) is 11.9 Å². The van der Waals surface area contributed by atoms with Gasteiger partial charge in [-0.2, -0.15) is 0 Å². The molecule has 3 N–H and O–H groups in total. The van der Waals surface area contributed by atoms with Crippen LogP contribution in [0.5, 0.6) is 0 Å². The lowest BCUT2D eigenvalue weighted by Gasteiger charge is -2.10. The monoisotopic (exact) mass is 282 g/mol. The van der Waals surface area contributed by atoms with E-state index in [0.29, 0.717) is 17.0 Å². The third-order valence-corrected chi connectivity index (χ3v) is 3.89. The molecule has 1 atom stereocenters. The van der Waals surface area contributed by atoms with Crippen molar-refractivity contribution in [3.05, 3.63) is 28.7 Å². The van der Waals surface area contributed by atoms with Gasteiger partial charge in [-0.15, -0.1) is 17.9 Å². The Kier molecular flexibility index (Phi) is 5.26. The number of hydrogen-bond acceptors (Lipinski definition) is 5. The van der Waals surface area contributed by atoms with Crippen LogP contribution in [-0.4, -0.2) is 25.0 Å². The minimum atomic E-state index is -0.675. The lowest BCUT2D eigenvalue weighted by molar-refractivity contribution is -0.117. The number of carbonyl (C=O) groups is 2. The normalized spacial score (nSPS) is 11.8. The lowest BCUT2D eigenvalue weighted by Crippen LogP contribution is -2.35. The number of esters is 1. The van der Waals surface area contributed by atoms with E-state index in [-0.39, 0.29) is 5.91 Å². The maximum absolute atomic E-state index is 11.9. The van der Waals surface area contributed by atoms with Gasteiger partial charge in [-0.05, 0) is 25.8 Å². The molecule has 1 aromatic heterocycles. The summed E-state index contributed by atoms with van der Waals surface area (Å²) < 4.78 is 4.73. The van der Waals surface area contributed by atoms with Gasteiger partial charge in [0.1, 0.15) is 5.00 Å². The predicted octanol–water partition coefficient (Wildman–Crippen LogP) is 1.99. The molecule has 1 heterocycles. The first-order valence-corrected chi connectivity index (χ1v) is 6.59. The summed E-state index contributed by atoms with van der Waals surface area (Å²) in [6, 6.07) is -0.675. The molecule has 0 bridgehead atoms. The fraction of sp³-hybridized carbons (Fsp3) is 0.385. The van der Waals surface area contributed by atoms with E-state index in [1.165, 1.54) is 18.4 Å². The zero-order valence-electron chi connectivity index (χ0n) is 11.3. The molecular formula is C13H18N2O3S. The van der Waals surface area contributed by atoms with E-state index in [0.717, 1.165) is 10.4 Å². The highest BCUT2D eigenvalue weighted by Crippen LogP contribution is 2.32. The standard InChI is InChI=1S/C13H18N2O3S/c1-5-6-9(14)11(16)15-12-10(13(17)18-4)7(2)8(3)19-12/h5,9H,1,6,14H2,2-4H3,(H,15,16). The number of thiophene rings is 1. The zero-order valence-corrected chi connectivity index (χ0v) is 12.1. The maximum atomic E-state index is 11.9. The van der Waals surface area contributed by atoms with Crippen LogP contribution in [-0.2, 0) is 9.53 Å². The molecule has 6 heteroatoms. The topological polar surface area (TPSA) is 81.4 Å². The molecule has 19 heavy (non-hydrogen) atoms. The Morgan fingerprint density at radius 2 is 2.16 bits per heavy atom. The summed E-state index contributed by atoms with van der Waals surface area (Å²) in [5.41, 5.74) is 6.89. The third-order valence-electron chi connectivity index (χ3n) is 2.77. The summed E-state index contributed by atoms with van der Waals surface area (Å²) in [6.45, 7) is 7.23. The summed E-state index contributed by atoms with van der Waals surface area (Å²) >= 11 is 1.33. The first-order valence-electron chi connectivity index (χ1n) is 5.78. The largest absolute Gasteiger partial charge is 0.465 e. The predicted molar refractivity (Wildman–Crippen MR) is 76.6 cm³/mol. The van der Waals surface area contributed by atoms with Crippen LogP contribution in [0.1, 0.15) is 27.2 Å². The minimum absolute atomic E-state index is 0.341. The van der Waals surface area contributed by atoms with Gasteiger partial charge < -0.3 is 15.8 Å². The van der Waals surface area contributed by atoms with Crippen molar-refractivity contribution in [2.24, 2.45) is 5.73 Å². The Morgan fingerprint density at radius 1 is 1.53 bits per heavy atom. The van der Waals surface area contributed by atoms with E-state index in [1.807, 2.05) is 13.8 Å². The summed E-state index contributed by atoms with van der Waals surface area (Å²) in [6.07, 6.45) is 1.96. The van der Waals surface area contributed by atoms with Gasteiger partial charge in [0.15, 0.2) is 0 Å². The molecule has 0 aliphatic carbocycles. The van der Waals surface area contributed by atoms with Gasteiger partial charge in [0, 0.05) is 4.88 Å². The number of hydrogen-bond donors (Lipinski definition) is 2. The van der Waals surface area contributed by atoms with Crippen LogP contribution in [0.15, 0.2) is 12.7 Å². The molecule has 0 aromatic carbocycles. The summed E-state index contributed by atoms with van der Waals surface area (Å²) in [4.78, 5) is 24.5. The fourth-order valence-corrected chi connectivity index (χ4v) is 2.61. The number of aryl methyl sites for hydroxylation is 1. The smallest absolute Gasteiger partial charge is 0.341 e. The lowest BCUT2D eigenvalue weighted by atomic mass is 10.1. The van der Waals surface area contributed by atoms with Crippen molar-refractivity contribution in [3.8, 4) is 0 Å². The zero-order chi connectivity index (χ0) is 14.6. The maximum Gasteiger partial charge on any atom is 0.341 e. The third kappa shape index (κ3) is 3.42. The number of methoxy groups -OCH3 is 1. The molecule has 0 radical (unpaired) electrons. The number of amides is 1. The average molecular weight is 282 g/mol. The molecule has 0 saturated heterocycles. The SMILES string of the molecule is C=CCC(N)C(=O)Nc1sc(C)c(C)c1C(=O)OC. The van der Waals surface area contributed by atoms with Crippen molar-refractivity contribution in [1.29, 1.82) is 0 Å². The second kappa shape index (κ2) is 6.49. The molecule has 0 aliphatic rings. The Hall–Kier alpha value is -1.66. The van der Waals surface area contributed by atoms with Crippen LogP contribution >= 0.6 is 11.3 Å². The Bertz CT molecular complexity index is 508. The quantitative estimate of drug-likeness (QED) is 0.639. The van der Waals surface area contributed by atoms with Crippen LogP contribution in [0, 0.1) is 13.8 Å². The van der Waals surface area contributed by atoms with Gasteiger partial charge in [0.05, 0.1) is 18.7 Å². The Balaban J connectivity index is 3.01. The molecule has 1 aromatic rings. The number of rotatable bonds is 5. The van der Waals surface area contributed by atoms with Gasteiger partial charge >= 0.3 is 5.97 Å². The van der Waals surface area contributed by atoms with Crippen molar-refractivity contribution < 1.29 is 14.3 Å². The fourth-order valence-electron chi connectivity index (χ4n) is 1.55. The molecule has 0 aliphatic heterocycles. The van der Waals surface area contributed by atoms with Gasteiger partial charge in [0.25, 0.3) is 0 Å². The minimum Gasteiger partial charge on any atom is -0.465 e. The second-order valence-electron chi connectivity index (χ2n) is 4.10. The number of nitrogens with one attached hydrogen (secondary N) is 1. The van der Waals surface area contributed by atoms with E-state index >= 15 is 0 Å². The van der Waals surface area contributed by atoms with Gasteiger partial charge in [-0.1, -0.05) is 6.08 Å². The average Bonchev–Trinajstić information content (AvgIpc) is 2.64. The van der Waals surface area contributed by atoms with Gasteiger partial charge in [0.2, 0.25) is 5.91 Å². The van der Waals surface area contributed by atoms with Crippen LogP contribution in [0.3, 0.4) is 0 Å². The summed E-state index contributed by atoms with van der Waals surface area (Å²) in [5.74, 6) is -0.805. The van der Waals surface area contributed by atoms with Gasteiger partial charge in [-0.3, -0.25) is 4.79 Å². The molecular weight excluding hydrogens is 264 g/mol. The highest BCUT2D eigenvalue weighted by Gasteiger charge is 2.22. The van der Waals surface area contributed by atoms with Crippen LogP contribution in [0.4, 0.5) is 5.00 Å². The molecule has 0 saturated carbocycles. The van der Waals surface area contributed by atoms with Crippen molar-refractivity contribution in [1.82, 2.24) is 0 Å². The van der Waals surface area contributed by atoms with Gasteiger partial charge in [-0.25, -0.2) is 4.79 Å². The molecule has 104 valence electrons. The number of anilines is 1. The van der Waals surface area contributed by atoms with Crippen LogP contribution in [0.25, 0.3) is 0 Å². The molecule has 0 spiro atoms. The molecule has 1 unspecified atom stereocenters. The molecule has 5 nitrogen and oxygen atoms in total. The number of carbonyl (C=O) groups excluding carboxylic acids is 2. The van der Waals surface area contributed by atoms with Crippen molar-refractivity contribution >= 4 is 28.2 Å². The number of nitrogens with two attached hydrogens (primary N) is 1. The first kappa shape index (κ1) is 15.4. The summed E-state index contributed by atoms with van der Waals surface area (Å²) in [7, 11) is 1.31. The first-order chi connectivity index (χ1) is 8.92. The summed E-state index contributed by atoms with van der Waals surface area (Å²) in [5, 5.41) is 3.16. The Labute approximate surface area is 116 Å². The Morgan fingerprint density at radius 3 is 2.68 bits per heavy atom. The van der Waals surface area contributed by atoms with Crippen LogP contribution < -0.4 is 11.1 Å². The molecule has 1 rings (SSSR count). The highest BCUT2D eigenvalue weighted by molar-refractivity contribution is 7.16. The second-order valence-corrected chi connectivity index (χ2v) is 5.32. The van der Waals surface area contributed by atoms with E-state index in [4.69, 9.17) is 10.5 Å². The van der Waals surface area contributed by atoms with Crippen molar-refractivity contribution in [2.45, 2.75) is 26.3 Å². The van der Waals surface area contributed by atoms with E-state index in [9.17, 15) is 9.59 Å². The molecule has 0 fully saturated rings. The highest BCUT2D eigenvalue weighted by atomic mass is 32.1. The van der Waals surface area contributed by atoms with E-state index < -0.39 is 12.0 Å². The van der Waals surface area contributed by atoms with Crippen molar-refractivity contribution in [2.75, 3.05) is 12.4 Å². The van der Waals surface area contributed by atoms with Crippen LogP contribution in [0.2, 0.25) is 0 Å². The number of ether oxygens (including phenoxy) is 1. The molecule has 1 amide bonds. The van der Waals surface area contributed by atoms with Crippen molar-refractivity contribution in [3.63, 3.8) is 0 Å².